The number of nitrogens with one attached hydrogen (secondary N) is 1. The molecule has 1 aromatic heterocycles. The molecule has 0 radical (unpaired) electrons. The van der Waals surface area contributed by atoms with Gasteiger partial charge in [-0.05, 0) is 13.0 Å². The minimum atomic E-state index is -0.322. The summed E-state index contributed by atoms with van der Waals surface area (Å²) in [5, 5.41) is 3.14. The fraction of sp³-hybridized carbons (Fsp3) is 0.500. The third-order valence-corrected chi connectivity index (χ3v) is 2.78. The first kappa shape index (κ1) is 10.5. The fourth-order valence-corrected chi connectivity index (χ4v) is 1.20. The van der Waals surface area contributed by atoms with Crippen LogP contribution in [0, 0.1) is 0 Å². The van der Waals surface area contributed by atoms with Gasteiger partial charge in [0.2, 0.25) is 0 Å². The van der Waals surface area contributed by atoms with Crippen LogP contribution >= 0.6 is 23.2 Å². The third-order valence-electron chi connectivity index (χ3n) is 1.60. The lowest BCUT2D eigenvalue weighted by Gasteiger charge is -2.26. The Kier molecular flexibility index (Phi) is 3.75. The van der Waals surface area contributed by atoms with E-state index in [1.165, 1.54) is 6.33 Å². The number of halogens is 2. The van der Waals surface area contributed by atoms with Crippen LogP contribution in [-0.4, -0.2) is 27.3 Å². The van der Waals surface area contributed by atoms with Crippen molar-refractivity contribution < 1.29 is 0 Å². The van der Waals surface area contributed by atoms with E-state index < -0.39 is 0 Å². The van der Waals surface area contributed by atoms with Crippen molar-refractivity contribution in [1.29, 1.82) is 0 Å². The maximum absolute atomic E-state index is 5.77. The molecule has 0 aliphatic heterocycles. The van der Waals surface area contributed by atoms with Crippen LogP contribution in [0.1, 0.15) is 6.92 Å². The Hall–Kier alpha value is -0.540. The van der Waals surface area contributed by atoms with Gasteiger partial charge in [0.1, 0.15) is 12.1 Å². The van der Waals surface area contributed by atoms with Crippen LogP contribution in [0.15, 0.2) is 18.6 Å². The molecule has 0 spiro atoms. The number of nitrogens with zero attached hydrogens (tertiary/aromatic N) is 2. The maximum atomic E-state index is 5.77. The first-order valence-electron chi connectivity index (χ1n) is 3.86. The summed E-state index contributed by atoms with van der Waals surface area (Å²) in [6, 6.07) is 1.78. The first-order valence-corrected chi connectivity index (χ1v) is 4.93. The van der Waals surface area contributed by atoms with Crippen molar-refractivity contribution in [2.45, 2.75) is 12.5 Å². The summed E-state index contributed by atoms with van der Waals surface area (Å²) in [5.41, 5.74) is -0.322. The topological polar surface area (TPSA) is 37.8 Å². The van der Waals surface area contributed by atoms with Crippen molar-refractivity contribution in [1.82, 2.24) is 9.97 Å². The molecule has 1 N–H and O–H groups in total. The number of aromatic nitrogens is 2. The molecule has 1 heterocycles. The van der Waals surface area contributed by atoms with Gasteiger partial charge in [-0.3, -0.25) is 0 Å². The van der Waals surface area contributed by atoms with E-state index in [9.17, 15) is 0 Å². The van der Waals surface area contributed by atoms with Gasteiger partial charge in [-0.2, -0.15) is 0 Å². The minimum Gasteiger partial charge on any atom is -0.362 e. The van der Waals surface area contributed by atoms with Gasteiger partial charge in [-0.15, -0.1) is 23.2 Å². The van der Waals surface area contributed by atoms with Gasteiger partial charge in [-0.1, -0.05) is 0 Å². The molecule has 3 nitrogen and oxygen atoms in total. The van der Waals surface area contributed by atoms with Gasteiger partial charge in [-0.25, -0.2) is 9.97 Å². The van der Waals surface area contributed by atoms with Crippen molar-refractivity contribution in [3.05, 3.63) is 18.6 Å². The van der Waals surface area contributed by atoms with E-state index in [1.54, 1.807) is 12.3 Å². The van der Waals surface area contributed by atoms with E-state index in [1.807, 2.05) is 6.92 Å². The molecule has 0 amide bonds. The summed E-state index contributed by atoms with van der Waals surface area (Å²) in [7, 11) is 0. The van der Waals surface area contributed by atoms with Crippen molar-refractivity contribution in [2.24, 2.45) is 0 Å². The molecule has 0 aromatic carbocycles. The standard InChI is InChI=1S/C8H11Cl2N3/c1-8(4-9,5-10)13-7-2-3-11-6-12-7/h2-3,6H,4-5H2,1H3,(H,11,12,13). The Morgan fingerprint density at radius 2 is 2.15 bits per heavy atom. The number of hydrogen-bond donors (Lipinski definition) is 1. The molecule has 0 saturated heterocycles. The lowest BCUT2D eigenvalue weighted by molar-refractivity contribution is 0.645. The van der Waals surface area contributed by atoms with E-state index in [0.29, 0.717) is 11.8 Å². The predicted molar refractivity (Wildman–Crippen MR) is 55.5 cm³/mol. The van der Waals surface area contributed by atoms with E-state index in [2.05, 4.69) is 15.3 Å². The van der Waals surface area contributed by atoms with E-state index in [-0.39, 0.29) is 5.54 Å². The zero-order valence-electron chi connectivity index (χ0n) is 7.30. The van der Waals surface area contributed by atoms with Gasteiger partial charge in [0.15, 0.2) is 0 Å². The Labute approximate surface area is 87.5 Å². The van der Waals surface area contributed by atoms with Crippen molar-refractivity contribution in [3.8, 4) is 0 Å². The molecular formula is C8H11Cl2N3. The zero-order chi connectivity index (χ0) is 9.73. The fourth-order valence-electron chi connectivity index (χ4n) is 0.776. The molecule has 0 atom stereocenters. The number of rotatable bonds is 4. The quantitative estimate of drug-likeness (QED) is 0.789. The molecule has 0 saturated carbocycles. The lowest BCUT2D eigenvalue weighted by Crippen LogP contribution is -2.39. The number of hydrogen-bond acceptors (Lipinski definition) is 3. The molecule has 0 fully saturated rings. The smallest absolute Gasteiger partial charge is 0.129 e. The summed E-state index contributed by atoms with van der Waals surface area (Å²) in [6.45, 7) is 1.94. The molecule has 1 aromatic rings. The van der Waals surface area contributed by atoms with Crippen molar-refractivity contribution in [3.63, 3.8) is 0 Å². The second-order valence-corrected chi connectivity index (χ2v) is 3.58. The second-order valence-electron chi connectivity index (χ2n) is 3.05. The van der Waals surface area contributed by atoms with E-state index in [4.69, 9.17) is 23.2 Å². The monoisotopic (exact) mass is 219 g/mol. The van der Waals surface area contributed by atoms with Crippen LogP contribution in [-0.2, 0) is 0 Å². The van der Waals surface area contributed by atoms with Crippen molar-refractivity contribution in [2.75, 3.05) is 17.1 Å². The molecule has 0 bridgehead atoms. The number of anilines is 1. The molecule has 72 valence electrons. The highest BCUT2D eigenvalue weighted by Gasteiger charge is 2.21. The molecule has 1 rings (SSSR count). The van der Waals surface area contributed by atoms with E-state index in [0.717, 1.165) is 5.82 Å². The van der Waals surface area contributed by atoms with Gasteiger partial charge >= 0.3 is 0 Å². The molecule has 13 heavy (non-hydrogen) atoms. The average molecular weight is 220 g/mol. The van der Waals surface area contributed by atoms with Gasteiger partial charge in [0.25, 0.3) is 0 Å². The SMILES string of the molecule is CC(CCl)(CCl)Nc1ccncn1. The molecule has 5 heteroatoms. The Morgan fingerprint density at radius 3 is 2.62 bits per heavy atom. The minimum absolute atomic E-state index is 0.322. The Morgan fingerprint density at radius 1 is 1.46 bits per heavy atom. The van der Waals surface area contributed by atoms with E-state index >= 15 is 0 Å². The van der Waals surface area contributed by atoms with Crippen LogP contribution in [0.2, 0.25) is 0 Å². The highest BCUT2D eigenvalue weighted by molar-refractivity contribution is 6.22. The summed E-state index contributed by atoms with van der Waals surface area (Å²) < 4.78 is 0. The third kappa shape index (κ3) is 3.01. The highest BCUT2D eigenvalue weighted by Crippen LogP contribution is 2.15. The predicted octanol–water partition coefficient (Wildman–Crippen LogP) is 2.12. The van der Waals surface area contributed by atoms with Gasteiger partial charge in [0, 0.05) is 18.0 Å². The summed E-state index contributed by atoms with van der Waals surface area (Å²) >= 11 is 11.5. The second kappa shape index (κ2) is 4.63. The summed E-state index contributed by atoms with van der Waals surface area (Å²) in [4.78, 5) is 7.83. The molecular weight excluding hydrogens is 209 g/mol. The Bertz CT molecular complexity index is 249. The largest absolute Gasteiger partial charge is 0.362 e. The van der Waals surface area contributed by atoms with Crippen LogP contribution in [0.5, 0.6) is 0 Å². The summed E-state index contributed by atoms with van der Waals surface area (Å²) in [5.74, 6) is 1.60. The molecule has 0 aliphatic rings. The normalized spacial score (nSPS) is 11.3. The van der Waals surface area contributed by atoms with Crippen LogP contribution in [0.25, 0.3) is 0 Å². The maximum Gasteiger partial charge on any atom is 0.129 e. The average Bonchev–Trinajstić information content (AvgIpc) is 2.19. The van der Waals surface area contributed by atoms with Gasteiger partial charge < -0.3 is 5.32 Å². The highest BCUT2D eigenvalue weighted by atomic mass is 35.5. The lowest BCUT2D eigenvalue weighted by atomic mass is 10.1. The number of alkyl halides is 2. The Balaban J connectivity index is 2.68. The zero-order valence-corrected chi connectivity index (χ0v) is 8.81. The summed E-state index contributed by atoms with van der Waals surface area (Å²) in [6.07, 6.45) is 3.14. The van der Waals surface area contributed by atoms with Crippen LogP contribution in [0.4, 0.5) is 5.82 Å². The molecule has 0 aliphatic carbocycles. The van der Waals surface area contributed by atoms with Crippen molar-refractivity contribution >= 4 is 29.0 Å². The van der Waals surface area contributed by atoms with Crippen LogP contribution < -0.4 is 5.32 Å². The molecule has 0 unspecified atom stereocenters. The first-order chi connectivity index (χ1) is 6.20. The van der Waals surface area contributed by atoms with Gasteiger partial charge in [0.05, 0.1) is 5.54 Å². The van der Waals surface area contributed by atoms with Crippen LogP contribution in [0.3, 0.4) is 0 Å².